The van der Waals surface area contributed by atoms with Crippen LogP contribution >= 0.6 is 0 Å². The van der Waals surface area contributed by atoms with Crippen LogP contribution in [0.2, 0.25) is 0 Å². The van der Waals surface area contributed by atoms with E-state index in [1.807, 2.05) is 12.1 Å². The van der Waals surface area contributed by atoms with Gasteiger partial charge in [-0.1, -0.05) is 6.92 Å². The van der Waals surface area contributed by atoms with Crippen molar-refractivity contribution in [1.82, 2.24) is 24.5 Å². The van der Waals surface area contributed by atoms with Crippen molar-refractivity contribution in [3.8, 4) is 11.5 Å². The van der Waals surface area contributed by atoms with Crippen molar-refractivity contribution < 1.29 is 14.2 Å². The summed E-state index contributed by atoms with van der Waals surface area (Å²) in [5, 5.41) is 9.84. The number of benzene rings is 1. The zero-order valence-corrected chi connectivity index (χ0v) is 15.4. The number of nitrogens with zero attached hydrogens (tertiary/aromatic N) is 5. The quantitative estimate of drug-likeness (QED) is 0.688. The Labute approximate surface area is 151 Å². The lowest BCUT2D eigenvalue weighted by atomic mass is 10.2. The first kappa shape index (κ1) is 17.0. The number of aryl methyl sites for hydroxylation is 1. The summed E-state index contributed by atoms with van der Waals surface area (Å²) in [6.45, 7) is 6.15. The molecule has 0 saturated carbocycles. The average Bonchev–Trinajstić information content (AvgIpc) is 3.11. The van der Waals surface area contributed by atoms with Gasteiger partial charge in [-0.15, -0.1) is 10.2 Å². The van der Waals surface area contributed by atoms with Crippen molar-refractivity contribution in [3.05, 3.63) is 23.8 Å². The molecule has 0 aliphatic carbocycles. The van der Waals surface area contributed by atoms with Gasteiger partial charge >= 0.3 is 0 Å². The molecule has 3 heterocycles. The van der Waals surface area contributed by atoms with Crippen LogP contribution in [-0.2, 0) is 17.7 Å². The van der Waals surface area contributed by atoms with Gasteiger partial charge in [0.05, 0.1) is 39.5 Å². The Bertz CT molecular complexity index is 934. The molecule has 0 amide bonds. The standard InChI is InChI=1S/C18H23N5O3/c1-4-16-19-13-10-15(25-3)14(24-2)9-12(13)18-21-20-17(23(16)18)11-22-5-7-26-8-6-22/h9-10H,4-8,11H2,1-3H3. The van der Waals surface area contributed by atoms with Gasteiger partial charge in [0, 0.05) is 31.0 Å². The Balaban J connectivity index is 1.87. The molecule has 1 saturated heterocycles. The predicted molar refractivity (Wildman–Crippen MR) is 96.9 cm³/mol. The van der Waals surface area contributed by atoms with Crippen LogP contribution in [-0.4, -0.2) is 65.0 Å². The van der Waals surface area contributed by atoms with E-state index < -0.39 is 0 Å². The molecule has 8 nitrogen and oxygen atoms in total. The van der Waals surface area contributed by atoms with Gasteiger partial charge in [0.15, 0.2) is 23.0 Å². The molecule has 0 radical (unpaired) electrons. The molecule has 1 aliphatic heterocycles. The molecule has 1 fully saturated rings. The van der Waals surface area contributed by atoms with Crippen molar-refractivity contribution in [2.45, 2.75) is 19.9 Å². The second kappa shape index (κ2) is 7.05. The van der Waals surface area contributed by atoms with Crippen LogP contribution in [0.5, 0.6) is 11.5 Å². The molecule has 0 N–H and O–H groups in total. The summed E-state index contributed by atoms with van der Waals surface area (Å²) in [5.74, 6) is 3.16. The third kappa shape index (κ3) is 2.85. The van der Waals surface area contributed by atoms with Crippen molar-refractivity contribution in [1.29, 1.82) is 0 Å². The Hall–Kier alpha value is -2.45. The predicted octanol–water partition coefficient (Wildman–Crippen LogP) is 1.69. The number of hydrogen-bond donors (Lipinski definition) is 0. The fourth-order valence-corrected chi connectivity index (χ4v) is 3.39. The van der Waals surface area contributed by atoms with Crippen LogP contribution in [0.1, 0.15) is 18.6 Å². The van der Waals surface area contributed by atoms with E-state index in [1.165, 1.54) is 0 Å². The molecule has 1 aliphatic rings. The Morgan fingerprint density at radius 2 is 1.77 bits per heavy atom. The fraction of sp³-hybridized carbons (Fsp3) is 0.500. The van der Waals surface area contributed by atoms with Crippen LogP contribution < -0.4 is 9.47 Å². The lowest BCUT2D eigenvalue weighted by Gasteiger charge is -2.25. The van der Waals surface area contributed by atoms with Crippen molar-refractivity contribution >= 4 is 16.6 Å². The smallest absolute Gasteiger partial charge is 0.171 e. The lowest BCUT2D eigenvalue weighted by molar-refractivity contribution is 0.0329. The molecule has 0 bridgehead atoms. The molecule has 138 valence electrons. The SMILES string of the molecule is CCc1nc2cc(OC)c(OC)cc2c2nnc(CN3CCOCC3)n12. The van der Waals surface area contributed by atoms with E-state index >= 15 is 0 Å². The van der Waals surface area contributed by atoms with E-state index in [2.05, 4.69) is 26.4 Å². The largest absolute Gasteiger partial charge is 0.493 e. The summed E-state index contributed by atoms with van der Waals surface area (Å²) >= 11 is 0. The number of hydrogen-bond acceptors (Lipinski definition) is 7. The van der Waals surface area contributed by atoms with Gasteiger partial charge in [-0.25, -0.2) is 4.98 Å². The molecule has 0 atom stereocenters. The van der Waals surface area contributed by atoms with Gasteiger partial charge in [-0.05, 0) is 6.07 Å². The molecular weight excluding hydrogens is 334 g/mol. The van der Waals surface area contributed by atoms with Gasteiger partial charge in [-0.3, -0.25) is 9.30 Å². The maximum absolute atomic E-state index is 5.45. The van der Waals surface area contributed by atoms with Crippen LogP contribution in [0, 0.1) is 0 Å². The lowest BCUT2D eigenvalue weighted by Crippen LogP contribution is -2.36. The molecule has 0 spiro atoms. The minimum atomic E-state index is 0.658. The van der Waals surface area contributed by atoms with Gasteiger partial charge in [0.1, 0.15) is 5.82 Å². The summed E-state index contributed by atoms with van der Waals surface area (Å²) in [7, 11) is 3.25. The molecule has 3 aromatic rings. The molecule has 26 heavy (non-hydrogen) atoms. The Morgan fingerprint density at radius 3 is 2.46 bits per heavy atom. The van der Waals surface area contributed by atoms with E-state index in [1.54, 1.807) is 14.2 Å². The molecule has 2 aromatic heterocycles. The average molecular weight is 357 g/mol. The Kier molecular flexibility index (Phi) is 4.60. The third-order valence-corrected chi connectivity index (χ3v) is 4.77. The second-order valence-corrected chi connectivity index (χ2v) is 6.27. The first-order chi connectivity index (χ1) is 12.7. The summed E-state index contributed by atoms with van der Waals surface area (Å²) in [6.07, 6.45) is 0.787. The molecular formula is C18H23N5O3. The van der Waals surface area contributed by atoms with E-state index in [0.29, 0.717) is 11.5 Å². The topological polar surface area (TPSA) is 74.0 Å². The van der Waals surface area contributed by atoms with E-state index in [4.69, 9.17) is 19.2 Å². The van der Waals surface area contributed by atoms with Gasteiger partial charge in [0.2, 0.25) is 0 Å². The second-order valence-electron chi connectivity index (χ2n) is 6.27. The summed E-state index contributed by atoms with van der Waals surface area (Å²) in [6, 6.07) is 3.81. The fourth-order valence-electron chi connectivity index (χ4n) is 3.39. The number of aromatic nitrogens is 4. The van der Waals surface area contributed by atoms with Crippen molar-refractivity contribution in [2.75, 3.05) is 40.5 Å². The van der Waals surface area contributed by atoms with E-state index in [9.17, 15) is 0 Å². The van der Waals surface area contributed by atoms with Crippen molar-refractivity contribution in [2.24, 2.45) is 0 Å². The number of ether oxygens (including phenoxy) is 3. The molecule has 4 rings (SSSR count). The van der Waals surface area contributed by atoms with Crippen LogP contribution in [0.15, 0.2) is 12.1 Å². The number of rotatable bonds is 5. The van der Waals surface area contributed by atoms with Crippen LogP contribution in [0.3, 0.4) is 0 Å². The monoisotopic (exact) mass is 357 g/mol. The first-order valence-electron chi connectivity index (χ1n) is 8.83. The number of methoxy groups -OCH3 is 2. The maximum atomic E-state index is 5.45. The summed E-state index contributed by atoms with van der Waals surface area (Å²) < 4.78 is 18.4. The van der Waals surface area contributed by atoms with Crippen molar-refractivity contribution in [3.63, 3.8) is 0 Å². The van der Waals surface area contributed by atoms with Gasteiger partial charge in [0.25, 0.3) is 0 Å². The molecule has 1 aromatic carbocycles. The van der Waals surface area contributed by atoms with Gasteiger partial charge in [-0.2, -0.15) is 0 Å². The minimum Gasteiger partial charge on any atom is -0.493 e. The Morgan fingerprint density at radius 1 is 1.04 bits per heavy atom. The highest BCUT2D eigenvalue weighted by Gasteiger charge is 2.19. The highest BCUT2D eigenvalue weighted by Crippen LogP contribution is 2.33. The normalized spacial score (nSPS) is 15.7. The third-order valence-electron chi connectivity index (χ3n) is 4.77. The minimum absolute atomic E-state index is 0.658. The number of fused-ring (bicyclic) bond motifs is 3. The summed E-state index contributed by atoms with van der Waals surface area (Å²) in [5.41, 5.74) is 1.63. The first-order valence-corrected chi connectivity index (χ1v) is 8.83. The summed E-state index contributed by atoms with van der Waals surface area (Å²) in [4.78, 5) is 7.17. The highest BCUT2D eigenvalue weighted by molar-refractivity contribution is 5.93. The molecule has 0 unspecified atom stereocenters. The maximum Gasteiger partial charge on any atom is 0.171 e. The van der Waals surface area contributed by atoms with Crippen LogP contribution in [0.25, 0.3) is 16.6 Å². The zero-order valence-electron chi connectivity index (χ0n) is 15.4. The number of morpholine rings is 1. The van der Waals surface area contributed by atoms with E-state index in [0.717, 1.165) is 67.5 Å². The van der Waals surface area contributed by atoms with E-state index in [-0.39, 0.29) is 0 Å². The molecule has 8 heteroatoms. The highest BCUT2D eigenvalue weighted by atomic mass is 16.5. The van der Waals surface area contributed by atoms with Gasteiger partial charge < -0.3 is 14.2 Å². The zero-order chi connectivity index (χ0) is 18.1. The van der Waals surface area contributed by atoms with Crippen LogP contribution in [0.4, 0.5) is 0 Å².